The largest absolute Gasteiger partial charge is 0.460 e. The maximum absolute atomic E-state index is 11.6. The van der Waals surface area contributed by atoms with Gasteiger partial charge in [-0.2, -0.15) is 0 Å². The number of aromatic amines is 1. The number of aryl methyl sites for hydroxylation is 1. The van der Waals surface area contributed by atoms with E-state index in [2.05, 4.69) is 4.98 Å². The van der Waals surface area contributed by atoms with Gasteiger partial charge in [0.05, 0.1) is 6.10 Å². The molecule has 0 spiro atoms. The number of H-pyrrole nitrogens is 1. The van der Waals surface area contributed by atoms with Crippen LogP contribution in [0.2, 0.25) is 0 Å². The van der Waals surface area contributed by atoms with E-state index in [4.69, 9.17) is 17.0 Å². The van der Waals surface area contributed by atoms with E-state index in [-0.39, 0.29) is 11.5 Å². The van der Waals surface area contributed by atoms with E-state index in [0.717, 1.165) is 4.57 Å². The van der Waals surface area contributed by atoms with E-state index in [1.807, 2.05) is 0 Å². The van der Waals surface area contributed by atoms with Crippen molar-refractivity contribution in [3.8, 4) is 0 Å². The molecule has 2 heterocycles. The zero-order chi connectivity index (χ0) is 13.4. The summed E-state index contributed by atoms with van der Waals surface area (Å²) in [5.41, 5.74) is -0.790. The van der Waals surface area contributed by atoms with Crippen LogP contribution in [-0.4, -0.2) is 37.0 Å². The molecule has 3 atom stereocenters. The molecule has 0 aromatic carbocycles. The molecule has 1 aliphatic heterocycles. The average molecular weight is 272 g/mol. The van der Waals surface area contributed by atoms with Crippen LogP contribution in [0.1, 0.15) is 18.2 Å². The SMILES string of the molecule is Cc1cn([C@@H]2C[C@H](O)[C@@H](O)C(=S)O2)c(=O)[nH]c1=O. The Hall–Kier alpha value is -1.51. The van der Waals surface area contributed by atoms with Gasteiger partial charge in [0.15, 0.2) is 11.3 Å². The lowest BCUT2D eigenvalue weighted by Crippen LogP contribution is -2.45. The van der Waals surface area contributed by atoms with Crippen molar-refractivity contribution in [3.05, 3.63) is 32.6 Å². The highest BCUT2D eigenvalue weighted by molar-refractivity contribution is 7.80. The minimum Gasteiger partial charge on any atom is -0.460 e. The first-order valence-electron chi connectivity index (χ1n) is 5.29. The van der Waals surface area contributed by atoms with Gasteiger partial charge in [0, 0.05) is 18.2 Å². The number of hydrogen-bond acceptors (Lipinski definition) is 6. The van der Waals surface area contributed by atoms with Crippen molar-refractivity contribution in [3.63, 3.8) is 0 Å². The average Bonchev–Trinajstić information content (AvgIpc) is 2.30. The minimum absolute atomic E-state index is 0.00664. The first-order valence-corrected chi connectivity index (χ1v) is 5.69. The van der Waals surface area contributed by atoms with Crippen LogP contribution in [-0.2, 0) is 4.74 Å². The van der Waals surface area contributed by atoms with Crippen LogP contribution in [0.4, 0.5) is 0 Å². The van der Waals surface area contributed by atoms with Gasteiger partial charge in [0.25, 0.3) is 5.56 Å². The molecule has 0 aliphatic carbocycles. The van der Waals surface area contributed by atoms with Crippen LogP contribution in [0.15, 0.2) is 15.8 Å². The molecule has 1 saturated heterocycles. The number of ether oxygens (including phenoxy) is 1. The predicted molar refractivity (Wildman–Crippen MR) is 65.4 cm³/mol. The van der Waals surface area contributed by atoms with Crippen LogP contribution >= 0.6 is 12.2 Å². The third-order valence-electron chi connectivity index (χ3n) is 2.76. The zero-order valence-electron chi connectivity index (χ0n) is 9.49. The number of nitrogens with one attached hydrogen (secondary N) is 1. The van der Waals surface area contributed by atoms with Crippen molar-refractivity contribution in [2.24, 2.45) is 0 Å². The Morgan fingerprint density at radius 3 is 2.78 bits per heavy atom. The standard InChI is InChI=1S/C10H12N2O5S/c1-4-3-12(10(16)11-8(4)15)6-2-5(13)7(14)9(18)17-6/h3,5-7,13-14H,2H2,1H3,(H,11,15,16)/t5-,6-,7+/m0/s1. The van der Waals surface area contributed by atoms with Crippen LogP contribution in [0, 0.1) is 6.92 Å². The lowest BCUT2D eigenvalue weighted by atomic mass is 10.1. The molecule has 1 aromatic rings. The predicted octanol–water partition coefficient (Wildman–Crippen LogP) is -1.19. The third-order valence-corrected chi connectivity index (χ3v) is 3.10. The highest BCUT2D eigenvalue weighted by Crippen LogP contribution is 2.23. The Morgan fingerprint density at radius 2 is 2.17 bits per heavy atom. The van der Waals surface area contributed by atoms with Gasteiger partial charge in [-0.3, -0.25) is 14.3 Å². The molecule has 0 bridgehead atoms. The first-order chi connectivity index (χ1) is 8.40. The number of thiocarbonyl (C=S) groups is 1. The number of nitrogens with zero attached hydrogens (tertiary/aromatic N) is 1. The van der Waals surface area contributed by atoms with E-state index in [1.165, 1.54) is 6.20 Å². The second-order valence-corrected chi connectivity index (χ2v) is 4.52. The fraction of sp³-hybridized carbons (Fsp3) is 0.500. The number of aromatic nitrogens is 2. The molecule has 2 rings (SSSR count). The van der Waals surface area contributed by atoms with Crippen LogP contribution in [0.5, 0.6) is 0 Å². The summed E-state index contributed by atoms with van der Waals surface area (Å²) in [6.07, 6.45) is -1.84. The molecule has 0 radical (unpaired) electrons. The second-order valence-electron chi connectivity index (χ2n) is 4.12. The molecule has 0 saturated carbocycles. The van der Waals surface area contributed by atoms with Gasteiger partial charge in [-0.15, -0.1) is 0 Å². The minimum atomic E-state index is -1.24. The van der Waals surface area contributed by atoms with Crippen molar-refractivity contribution in [1.82, 2.24) is 9.55 Å². The Bertz CT molecular complexity index is 593. The molecule has 7 nitrogen and oxygen atoms in total. The Labute approximate surface area is 107 Å². The zero-order valence-corrected chi connectivity index (χ0v) is 10.3. The van der Waals surface area contributed by atoms with Crippen molar-refractivity contribution in [1.29, 1.82) is 0 Å². The Balaban J connectivity index is 2.39. The van der Waals surface area contributed by atoms with E-state index in [0.29, 0.717) is 5.56 Å². The summed E-state index contributed by atoms with van der Waals surface area (Å²) in [6, 6.07) is 0. The molecule has 98 valence electrons. The molecule has 8 heteroatoms. The molecular weight excluding hydrogens is 260 g/mol. The summed E-state index contributed by atoms with van der Waals surface area (Å²) >= 11 is 4.76. The van der Waals surface area contributed by atoms with Gasteiger partial charge >= 0.3 is 5.69 Å². The highest BCUT2D eigenvalue weighted by Gasteiger charge is 2.34. The monoisotopic (exact) mass is 272 g/mol. The number of rotatable bonds is 1. The normalized spacial score (nSPS) is 27.9. The molecular formula is C10H12N2O5S. The van der Waals surface area contributed by atoms with Gasteiger partial charge < -0.3 is 14.9 Å². The molecule has 0 unspecified atom stereocenters. The van der Waals surface area contributed by atoms with Crippen LogP contribution < -0.4 is 11.2 Å². The summed E-state index contributed by atoms with van der Waals surface area (Å²) in [4.78, 5) is 25.0. The fourth-order valence-electron chi connectivity index (χ4n) is 1.71. The smallest absolute Gasteiger partial charge is 0.331 e. The van der Waals surface area contributed by atoms with Crippen molar-refractivity contribution >= 4 is 17.3 Å². The van der Waals surface area contributed by atoms with Crippen molar-refractivity contribution in [2.45, 2.75) is 31.8 Å². The Kier molecular flexibility index (Phi) is 3.33. The molecule has 1 aliphatic rings. The maximum atomic E-state index is 11.6. The molecule has 3 N–H and O–H groups in total. The van der Waals surface area contributed by atoms with Gasteiger partial charge in [-0.1, -0.05) is 0 Å². The van der Waals surface area contributed by atoms with Crippen molar-refractivity contribution in [2.75, 3.05) is 0 Å². The second kappa shape index (κ2) is 4.63. The maximum Gasteiger partial charge on any atom is 0.331 e. The van der Waals surface area contributed by atoms with Gasteiger partial charge in [-0.25, -0.2) is 4.79 Å². The number of hydrogen-bond donors (Lipinski definition) is 3. The highest BCUT2D eigenvalue weighted by atomic mass is 32.1. The van der Waals surface area contributed by atoms with Crippen LogP contribution in [0.3, 0.4) is 0 Å². The first kappa shape index (κ1) is 12.9. The lowest BCUT2D eigenvalue weighted by molar-refractivity contribution is -0.0472. The van der Waals surface area contributed by atoms with Crippen molar-refractivity contribution < 1.29 is 14.9 Å². The number of aliphatic hydroxyl groups is 2. The topological polar surface area (TPSA) is 105 Å². The number of aliphatic hydroxyl groups excluding tert-OH is 2. The van der Waals surface area contributed by atoms with Gasteiger partial charge in [0.1, 0.15) is 6.10 Å². The van der Waals surface area contributed by atoms with E-state index >= 15 is 0 Å². The third kappa shape index (κ3) is 2.22. The summed E-state index contributed by atoms with van der Waals surface area (Å²) in [5.74, 6) is 0. The Morgan fingerprint density at radius 1 is 1.50 bits per heavy atom. The molecule has 0 amide bonds. The van der Waals surface area contributed by atoms with Gasteiger partial charge in [0.2, 0.25) is 0 Å². The molecule has 1 fully saturated rings. The summed E-state index contributed by atoms with van der Waals surface area (Å²) < 4.78 is 6.33. The summed E-state index contributed by atoms with van der Waals surface area (Å²) in [7, 11) is 0. The van der Waals surface area contributed by atoms with E-state index in [1.54, 1.807) is 6.92 Å². The quantitative estimate of drug-likeness (QED) is 0.555. The van der Waals surface area contributed by atoms with Gasteiger partial charge in [-0.05, 0) is 19.1 Å². The van der Waals surface area contributed by atoms with E-state index in [9.17, 15) is 19.8 Å². The summed E-state index contributed by atoms with van der Waals surface area (Å²) in [5, 5.41) is 18.8. The fourth-order valence-corrected chi connectivity index (χ4v) is 1.98. The van der Waals surface area contributed by atoms with Crippen LogP contribution in [0.25, 0.3) is 0 Å². The summed E-state index contributed by atoms with van der Waals surface area (Å²) in [6.45, 7) is 1.54. The van der Waals surface area contributed by atoms with E-state index < -0.39 is 29.7 Å². The molecule has 18 heavy (non-hydrogen) atoms. The molecule has 1 aromatic heterocycles. The lowest BCUT2D eigenvalue weighted by Gasteiger charge is -2.32.